The highest BCUT2D eigenvalue weighted by atomic mass is 16.5. The van der Waals surface area contributed by atoms with Gasteiger partial charge in [0.05, 0.1) is 20.3 Å². The van der Waals surface area contributed by atoms with Gasteiger partial charge in [-0.2, -0.15) is 0 Å². The number of methoxy groups -OCH3 is 1. The van der Waals surface area contributed by atoms with Crippen LogP contribution in [0.4, 0.5) is 11.4 Å². The fourth-order valence-corrected chi connectivity index (χ4v) is 2.96. The summed E-state index contributed by atoms with van der Waals surface area (Å²) in [6, 6.07) is 15.1. The maximum Gasteiger partial charge on any atom is 0.265 e. The lowest BCUT2D eigenvalue weighted by Gasteiger charge is -2.29. The van der Waals surface area contributed by atoms with Gasteiger partial charge in [-0.3, -0.25) is 4.79 Å². The molecule has 2 aromatic rings. The lowest BCUT2D eigenvalue weighted by Crippen LogP contribution is -2.36. The van der Waals surface area contributed by atoms with E-state index in [2.05, 4.69) is 10.2 Å². The Balaban J connectivity index is 1.60. The molecule has 1 heterocycles. The zero-order valence-corrected chi connectivity index (χ0v) is 15.8. The average Bonchev–Trinajstić information content (AvgIpc) is 2.73. The van der Waals surface area contributed by atoms with Crippen LogP contribution in [-0.4, -0.2) is 45.4 Å². The van der Waals surface area contributed by atoms with Crippen LogP contribution in [0.25, 0.3) is 0 Å². The van der Waals surface area contributed by atoms with Crippen LogP contribution in [0.15, 0.2) is 48.5 Å². The van der Waals surface area contributed by atoms with Crippen LogP contribution in [0.5, 0.6) is 11.5 Å². The summed E-state index contributed by atoms with van der Waals surface area (Å²) in [5.41, 5.74) is 1.89. The summed E-state index contributed by atoms with van der Waals surface area (Å²) in [6.07, 6.45) is -0.00873. The molecule has 1 atom stereocenters. The molecule has 1 fully saturated rings. The number of hydrogen-bond acceptors (Lipinski definition) is 5. The van der Waals surface area contributed by atoms with E-state index in [4.69, 9.17) is 14.2 Å². The summed E-state index contributed by atoms with van der Waals surface area (Å²) in [5.74, 6) is 1.14. The van der Waals surface area contributed by atoms with Crippen LogP contribution in [0.2, 0.25) is 0 Å². The second-order valence-electron chi connectivity index (χ2n) is 6.33. The Morgan fingerprint density at radius 1 is 1.15 bits per heavy atom. The van der Waals surface area contributed by atoms with E-state index in [9.17, 15) is 4.79 Å². The number of carbonyl (C=O) groups is 1. The van der Waals surface area contributed by atoms with Crippen molar-refractivity contribution in [3.63, 3.8) is 0 Å². The van der Waals surface area contributed by atoms with Gasteiger partial charge < -0.3 is 24.4 Å². The molecule has 0 bridgehead atoms. The van der Waals surface area contributed by atoms with Crippen molar-refractivity contribution in [1.29, 1.82) is 0 Å². The predicted octanol–water partition coefficient (Wildman–Crippen LogP) is 3.33. The molecule has 0 aromatic heterocycles. The van der Waals surface area contributed by atoms with Gasteiger partial charge in [-0.25, -0.2) is 0 Å². The van der Waals surface area contributed by atoms with Crippen molar-refractivity contribution in [3.8, 4) is 11.5 Å². The summed E-state index contributed by atoms with van der Waals surface area (Å²) < 4.78 is 16.4. The van der Waals surface area contributed by atoms with Crippen molar-refractivity contribution in [2.45, 2.75) is 19.4 Å². The molecule has 1 N–H and O–H groups in total. The largest absolute Gasteiger partial charge is 0.497 e. The van der Waals surface area contributed by atoms with Gasteiger partial charge in [-0.05, 0) is 42.8 Å². The number of rotatable bonds is 7. The molecule has 3 rings (SSSR count). The number of nitrogens with zero attached hydrogens (tertiary/aromatic N) is 1. The Morgan fingerprint density at radius 2 is 1.85 bits per heavy atom. The van der Waals surface area contributed by atoms with Gasteiger partial charge in [0.15, 0.2) is 6.10 Å². The number of anilines is 2. The molecule has 1 saturated heterocycles. The minimum absolute atomic E-state index is 0.167. The quantitative estimate of drug-likeness (QED) is 0.810. The smallest absolute Gasteiger partial charge is 0.265 e. The summed E-state index contributed by atoms with van der Waals surface area (Å²) in [5, 5.41) is 2.93. The number of nitrogens with one attached hydrogen (secondary N) is 1. The second kappa shape index (κ2) is 9.28. The Bertz CT molecular complexity index is 742. The van der Waals surface area contributed by atoms with E-state index in [0.29, 0.717) is 17.9 Å². The highest BCUT2D eigenvalue weighted by Gasteiger charge is 2.19. The highest BCUT2D eigenvalue weighted by molar-refractivity contribution is 5.94. The van der Waals surface area contributed by atoms with E-state index in [0.717, 1.165) is 37.7 Å². The third kappa shape index (κ3) is 5.14. The van der Waals surface area contributed by atoms with Gasteiger partial charge >= 0.3 is 0 Å². The third-order valence-electron chi connectivity index (χ3n) is 4.49. The number of benzene rings is 2. The number of ether oxygens (including phenoxy) is 3. The van der Waals surface area contributed by atoms with E-state index in [1.807, 2.05) is 49.4 Å². The molecule has 27 heavy (non-hydrogen) atoms. The minimum atomic E-state index is -0.573. The molecule has 0 aliphatic carbocycles. The Morgan fingerprint density at radius 3 is 2.52 bits per heavy atom. The number of hydrogen-bond donors (Lipinski definition) is 1. The molecular formula is C21H26N2O4. The first-order valence-electron chi connectivity index (χ1n) is 9.24. The Hall–Kier alpha value is -2.73. The van der Waals surface area contributed by atoms with Crippen molar-refractivity contribution in [3.05, 3.63) is 48.5 Å². The SMILES string of the molecule is CC[C@H](Oc1cccc(OC)c1)C(=O)Nc1ccc(N2CCOCC2)cc1. The van der Waals surface area contributed by atoms with Crippen LogP contribution in [0, 0.1) is 0 Å². The molecule has 0 saturated carbocycles. The van der Waals surface area contributed by atoms with Crippen LogP contribution in [-0.2, 0) is 9.53 Å². The van der Waals surface area contributed by atoms with Crippen molar-refractivity contribution in [1.82, 2.24) is 0 Å². The fourth-order valence-electron chi connectivity index (χ4n) is 2.96. The first-order valence-corrected chi connectivity index (χ1v) is 9.24. The van der Waals surface area contributed by atoms with E-state index in [-0.39, 0.29) is 5.91 Å². The van der Waals surface area contributed by atoms with E-state index in [1.54, 1.807) is 13.2 Å². The van der Waals surface area contributed by atoms with Crippen LogP contribution < -0.4 is 19.7 Å². The Labute approximate surface area is 160 Å². The van der Waals surface area contributed by atoms with Crippen molar-refractivity contribution >= 4 is 17.3 Å². The van der Waals surface area contributed by atoms with Crippen LogP contribution >= 0.6 is 0 Å². The molecular weight excluding hydrogens is 344 g/mol. The maximum absolute atomic E-state index is 12.6. The molecule has 2 aromatic carbocycles. The molecule has 1 amide bonds. The number of morpholine rings is 1. The van der Waals surface area contributed by atoms with Crippen molar-refractivity contribution in [2.75, 3.05) is 43.6 Å². The lowest BCUT2D eigenvalue weighted by atomic mass is 10.2. The normalized spacial score (nSPS) is 15.1. The summed E-state index contributed by atoms with van der Waals surface area (Å²) in [6.45, 7) is 5.19. The van der Waals surface area contributed by atoms with Gasteiger partial charge in [-0.1, -0.05) is 13.0 Å². The molecule has 6 heteroatoms. The molecule has 0 unspecified atom stereocenters. The first kappa shape index (κ1) is 19.0. The van der Waals surface area contributed by atoms with Crippen LogP contribution in [0.1, 0.15) is 13.3 Å². The molecule has 0 radical (unpaired) electrons. The molecule has 0 spiro atoms. The number of carbonyl (C=O) groups excluding carboxylic acids is 1. The van der Waals surface area contributed by atoms with Crippen molar-refractivity contribution in [2.24, 2.45) is 0 Å². The monoisotopic (exact) mass is 370 g/mol. The maximum atomic E-state index is 12.6. The van der Waals surface area contributed by atoms with E-state index in [1.165, 1.54) is 0 Å². The first-order chi connectivity index (χ1) is 13.2. The minimum Gasteiger partial charge on any atom is -0.497 e. The zero-order valence-electron chi connectivity index (χ0n) is 15.8. The number of amides is 1. The highest BCUT2D eigenvalue weighted by Crippen LogP contribution is 2.22. The van der Waals surface area contributed by atoms with Gasteiger partial charge in [0.1, 0.15) is 11.5 Å². The van der Waals surface area contributed by atoms with Crippen molar-refractivity contribution < 1.29 is 19.0 Å². The summed E-state index contributed by atoms with van der Waals surface area (Å²) in [7, 11) is 1.60. The zero-order chi connectivity index (χ0) is 19.1. The second-order valence-corrected chi connectivity index (χ2v) is 6.33. The fraction of sp³-hybridized carbons (Fsp3) is 0.381. The predicted molar refractivity (Wildman–Crippen MR) is 106 cm³/mol. The molecule has 1 aliphatic rings. The van der Waals surface area contributed by atoms with Gasteiger partial charge in [-0.15, -0.1) is 0 Å². The summed E-state index contributed by atoms with van der Waals surface area (Å²) in [4.78, 5) is 14.9. The van der Waals surface area contributed by atoms with Gasteiger partial charge in [0.2, 0.25) is 0 Å². The molecule has 144 valence electrons. The topological polar surface area (TPSA) is 60.0 Å². The molecule has 1 aliphatic heterocycles. The molecule has 6 nitrogen and oxygen atoms in total. The third-order valence-corrected chi connectivity index (χ3v) is 4.49. The van der Waals surface area contributed by atoms with Crippen LogP contribution in [0.3, 0.4) is 0 Å². The van der Waals surface area contributed by atoms with Gasteiger partial charge in [0.25, 0.3) is 5.91 Å². The Kier molecular flexibility index (Phi) is 6.54. The van der Waals surface area contributed by atoms with E-state index >= 15 is 0 Å². The van der Waals surface area contributed by atoms with Gasteiger partial charge in [0, 0.05) is 30.5 Å². The van der Waals surface area contributed by atoms with E-state index < -0.39 is 6.10 Å². The summed E-state index contributed by atoms with van der Waals surface area (Å²) >= 11 is 0. The lowest BCUT2D eigenvalue weighted by molar-refractivity contribution is -0.122. The standard InChI is InChI=1S/C21H26N2O4/c1-3-20(27-19-6-4-5-18(15-19)25-2)21(24)22-16-7-9-17(10-8-16)23-11-13-26-14-12-23/h4-10,15,20H,3,11-14H2,1-2H3,(H,22,24)/t20-/m0/s1. The average molecular weight is 370 g/mol.